The molecule has 0 aliphatic heterocycles. The maximum absolute atomic E-state index is 3.88. The third kappa shape index (κ3) is 2.67. The largest absolute Gasteiger partial charge is 0.0988 e. The molecule has 0 bridgehead atoms. The van der Waals surface area contributed by atoms with Gasteiger partial charge in [0.2, 0.25) is 0 Å². The molecule has 1 fully saturated rings. The van der Waals surface area contributed by atoms with E-state index in [1.807, 2.05) is 6.08 Å². The van der Waals surface area contributed by atoms with E-state index in [1.165, 1.54) is 37.7 Å². The summed E-state index contributed by atoms with van der Waals surface area (Å²) in [6, 6.07) is 0. The van der Waals surface area contributed by atoms with E-state index in [1.54, 1.807) is 5.57 Å². The molecule has 0 nitrogen and oxygen atoms in total. The molecule has 2 rings (SSSR count). The lowest BCUT2D eigenvalue weighted by molar-refractivity contribution is -0.0361. The van der Waals surface area contributed by atoms with Crippen molar-refractivity contribution in [3.63, 3.8) is 0 Å². The molecule has 0 aromatic carbocycles. The first-order chi connectivity index (χ1) is 9.31. The van der Waals surface area contributed by atoms with Gasteiger partial charge < -0.3 is 0 Å². The lowest BCUT2D eigenvalue weighted by Gasteiger charge is -2.56. The highest BCUT2D eigenvalue weighted by Gasteiger charge is 2.51. The molecule has 0 radical (unpaired) electrons. The molecule has 0 heterocycles. The number of rotatable bonds is 3. The Bertz CT molecular complexity index is 435. The maximum Gasteiger partial charge on any atom is -0.0114 e. The molecule has 0 heteroatoms. The van der Waals surface area contributed by atoms with Crippen molar-refractivity contribution in [3.8, 4) is 0 Å². The molecule has 3 atom stereocenters. The Morgan fingerprint density at radius 2 is 2.05 bits per heavy atom. The van der Waals surface area contributed by atoms with Crippen LogP contribution < -0.4 is 0 Å². The summed E-state index contributed by atoms with van der Waals surface area (Å²) in [5, 5.41) is 0. The Morgan fingerprint density at radius 1 is 1.35 bits per heavy atom. The molecule has 0 aromatic rings. The van der Waals surface area contributed by atoms with Crippen molar-refractivity contribution in [1.29, 1.82) is 0 Å². The first kappa shape index (κ1) is 15.6. The Balaban J connectivity index is 2.32. The molecule has 0 amide bonds. The number of allylic oxidation sites excluding steroid dienone is 5. The van der Waals surface area contributed by atoms with Gasteiger partial charge in [0.1, 0.15) is 0 Å². The van der Waals surface area contributed by atoms with Crippen LogP contribution in [0, 0.1) is 22.7 Å². The van der Waals surface area contributed by atoms with Gasteiger partial charge in [-0.2, -0.15) is 0 Å². The van der Waals surface area contributed by atoms with Gasteiger partial charge in [0.05, 0.1) is 0 Å². The summed E-state index contributed by atoms with van der Waals surface area (Å²) in [4.78, 5) is 0. The zero-order chi connectivity index (χ0) is 15.0. The van der Waals surface area contributed by atoms with Crippen LogP contribution in [0.2, 0.25) is 0 Å². The van der Waals surface area contributed by atoms with Crippen LogP contribution in [0.25, 0.3) is 0 Å². The molecule has 0 N–H and O–H groups in total. The summed E-state index contributed by atoms with van der Waals surface area (Å²) in [7, 11) is 0. The fourth-order valence-electron chi connectivity index (χ4n) is 4.98. The van der Waals surface area contributed by atoms with Crippen LogP contribution >= 0.6 is 0 Å². The topological polar surface area (TPSA) is 0 Å². The van der Waals surface area contributed by atoms with Crippen LogP contribution in [0.4, 0.5) is 0 Å². The standard InChI is InChI=1S/C20H32/c1-7-15(2)9-11-17-16(3)10-12-18-19(4,5)13-8-14-20(17,18)6/h7,9-10,17-18H,1,8,11-14H2,2-6H3/b15-9+/t17-,18+,20+/m0/s1. The van der Waals surface area contributed by atoms with E-state index < -0.39 is 0 Å². The van der Waals surface area contributed by atoms with Crippen molar-refractivity contribution in [2.45, 2.75) is 66.7 Å². The summed E-state index contributed by atoms with van der Waals surface area (Å²) < 4.78 is 0. The van der Waals surface area contributed by atoms with Crippen molar-refractivity contribution < 1.29 is 0 Å². The van der Waals surface area contributed by atoms with Crippen molar-refractivity contribution in [3.05, 3.63) is 36.0 Å². The lowest BCUT2D eigenvalue weighted by Crippen LogP contribution is -2.48. The normalized spacial score (nSPS) is 37.0. The van der Waals surface area contributed by atoms with Gasteiger partial charge in [-0.05, 0) is 62.2 Å². The quantitative estimate of drug-likeness (QED) is 0.417. The van der Waals surface area contributed by atoms with Crippen molar-refractivity contribution in [2.75, 3.05) is 0 Å². The van der Waals surface area contributed by atoms with Gasteiger partial charge in [0.25, 0.3) is 0 Å². The first-order valence-corrected chi connectivity index (χ1v) is 8.27. The van der Waals surface area contributed by atoms with Crippen LogP contribution in [0.5, 0.6) is 0 Å². The van der Waals surface area contributed by atoms with Crippen LogP contribution in [-0.2, 0) is 0 Å². The van der Waals surface area contributed by atoms with E-state index in [2.05, 4.69) is 53.3 Å². The number of hydrogen-bond donors (Lipinski definition) is 0. The second kappa shape index (κ2) is 5.54. The Kier molecular flexibility index (Phi) is 4.33. The molecule has 0 spiro atoms. The van der Waals surface area contributed by atoms with Gasteiger partial charge in [0, 0.05) is 0 Å². The molecule has 20 heavy (non-hydrogen) atoms. The summed E-state index contributed by atoms with van der Waals surface area (Å²) in [6.07, 6.45) is 13.6. The molecule has 2 aliphatic rings. The second-order valence-corrected chi connectivity index (χ2v) is 8.02. The monoisotopic (exact) mass is 272 g/mol. The Labute approximate surface area is 126 Å². The van der Waals surface area contributed by atoms with Crippen LogP contribution in [0.15, 0.2) is 36.0 Å². The van der Waals surface area contributed by atoms with Gasteiger partial charge in [0.15, 0.2) is 0 Å². The summed E-state index contributed by atoms with van der Waals surface area (Å²) >= 11 is 0. The van der Waals surface area contributed by atoms with Gasteiger partial charge in [-0.15, -0.1) is 0 Å². The highest BCUT2D eigenvalue weighted by Crippen LogP contribution is 2.60. The Morgan fingerprint density at radius 3 is 2.70 bits per heavy atom. The summed E-state index contributed by atoms with van der Waals surface area (Å²) in [6.45, 7) is 15.9. The number of fused-ring (bicyclic) bond motifs is 1. The SMILES string of the molecule is C=C/C(C)=C/C[C@H]1C(C)=CC[C@@H]2C(C)(C)CCC[C@@]21C. The van der Waals surface area contributed by atoms with E-state index in [4.69, 9.17) is 0 Å². The van der Waals surface area contributed by atoms with Crippen LogP contribution in [0.1, 0.15) is 66.7 Å². The average Bonchev–Trinajstić information content (AvgIpc) is 2.36. The van der Waals surface area contributed by atoms with Crippen LogP contribution in [0.3, 0.4) is 0 Å². The van der Waals surface area contributed by atoms with E-state index in [0.29, 0.717) is 10.8 Å². The van der Waals surface area contributed by atoms with E-state index >= 15 is 0 Å². The molecule has 2 aliphatic carbocycles. The fraction of sp³-hybridized carbons (Fsp3) is 0.700. The van der Waals surface area contributed by atoms with E-state index in [9.17, 15) is 0 Å². The van der Waals surface area contributed by atoms with Crippen LogP contribution in [-0.4, -0.2) is 0 Å². The van der Waals surface area contributed by atoms with Gasteiger partial charge in [-0.25, -0.2) is 0 Å². The number of hydrogen-bond acceptors (Lipinski definition) is 0. The third-order valence-corrected chi connectivity index (χ3v) is 6.29. The highest BCUT2D eigenvalue weighted by atomic mass is 14.6. The zero-order valence-electron chi connectivity index (χ0n) is 14.1. The average molecular weight is 272 g/mol. The second-order valence-electron chi connectivity index (χ2n) is 8.02. The molecule has 0 aromatic heterocycles. The molecular formula is C20H32. The van der Waals surface area contributed by atoms with Gasteiger partial charge in [-0.1, -0.05) is 63.1 Å². The predicted molar refractivity (Wildman–Crippen MR) is 89.7 cm³/mol. The van der Waals surface area contributed by atoms with Gasteiger partial charge in [-0.3, -0.25) is 0 Å². The Hall–Kier alpha value is -0.780. The van der Waals surface area contributed by atoms with E-state index in [0.717, 1.165) is 11.8 Å². The molecule has 1 saturated carbocycles. The molecule has 0 saturated heterocycles. The molecule has 0 unspecified atom stereocenters. The van der Waals surface area contributed by atoms with Crippen molar-refractivity contribution in [2.24, 2.45) is 22.7 Å². The smallest absolute Gasteiger partial charge is 0.0114 e. The summed E-state index contributed by atoms with van der Waals surface area (Å²) in [5.41, 5.74) is 3.92. The van der Waals surface area contributed by atoms with Crippen molar-refractivity contribution in [1.82, 2.24) is 0 Å². The third-order valence-electron chi connectivity index (χ3n) is 6.29. The molecule has 112 valence electrons. The summed E-state index contributed by atoms with van der Waals surface area (Å²) in [5.74, 6) is 1.56. The maximum atomic E-state index is 3.88. The molecular weight excluding hydrogens is 240 g/mol. The highest BCUT2D eigenvalue weighted by molar-refractivity contribution is 5.21. The van der Waals surface area contributed by atoms with Crippen molar-refractivity contribution >= 4 is 0 Å². The van der Waals surface area contributed by atoms with E-state index in [-0.39, 0.29) is 0 Å². The van der Waals surface area contributed by atoms with Gasteiger partial charge >= 0.3 is 0 Å². The fourth-order valence-corrected chi connectivity index (χ4v) is 4.98. The predicted octanol–water partition coefficient (Wildman–Crippen LogP) is 6.31. The minimum atomic E-state index is 0.485. The minimum absolute atomic E-state index is 0.485. The zero-order valence-corrected chi connectivity index (χ0v) is 14.1. The minimum Gasteiger partial charge on any atom is -0.0988 e. The lowest BCUT2D eigenvalue weighted by atomic mass is 9.48. The first-order valence-electron chi connectivity index (χ1n) is 8.27.